The van der Waals surface area contributed by atoms with Crippen LogP contribution in [0.15, 0.2) is 48.8 Å². The van der Waals surface area contributed by atoms with E-state index in [1.54, 1.807) is 23.0 Å². The van der Waals surface area contributed by atoms with Gasteiger partial charge in [-0.2, -0.15) is 5.26 Å². The van der Waals surface area contributed by atoms with Crippen LogP contribution in [0, 0.1) is 16.7 Å². The molecule has 4 aromatic rings. The van der Waals surface area contributed by atoms with Gasteiger partial charge in [0.1, 0.15) is 19.6 Å². The highest BCUT2D eigenvalue weighted by atomic mass is 35.5. The summed E-state index contributed by atoms with van der Waals surface area (Å²) in [6.07, 6.45) is 4.42. The topological polar surface area (TPSA) is 101 Å². The van der Waals surface area contributed by atoms with Crippen LogP contribution in [-0.2, 0) is 16.7 Å². The first-order valence-corrected chi connectivity index (χ1v) is 13.4. The van der Waals surface area contributed by atoms with E-state index in [4.69, 9.17) is 35.8 Å². The molecule has 1 aliphatic heterocycles. The van der Waals surface area contributed by atoms with Crippen molar-refractivity contribution in [1.82, 2.24) is 20.0 Å². The van der Waals surface area contributed by atoms with Crippen LogP contribution in [0.4, 0.5) is 11.4 Å². The molecule has 2 N–H and O–H groups in total. The molecule has 0 spiro atoms. The predicted molar refractivity (Wildman–Crippen MR) is 155 cm³/mol. The minimum atomic E-state index is -1.35. The van der Waals surface area contributed by atoms with Gasteiger partial charge in [-0.25, -0.2) is 4.68 Å². The van der Waals surface area contributed by atoms with E-state index in [0.717, 1.165) is 13.0 Å². The monoisotopic (exact) mass is 559 g/mol. The lowest BCUT2D eigenvalue weighted by Gasteiger charge is -2.32. The van der Waals surface area contributed by atoms with Gasteiger partial charge in [-0.3, -0.25) is 4.98 Å². The van der Waals surface area contributed by atoms with E-state index in [1.807, 2.05) is 24.3 Å². The van der Waals surface area contributed by atoms with Gasteiger partial charge in [-0.15, -0.1) is 5.10 Å². The number of hydrogen-bond acceptors (Lipinski definition) is 7. The number of rotatable bonds is 8. The average molecular weight is 560 g/mol. The Hall–Kier alpha value is -3.32. The Morgan fingerprint density at radius 1 is 1.21 bits per heavy atom. The number of nitrogens with zero attached hydrogens (tertiary/aromatic N) is 5. The molecule has 2 atom stereocenters. The van der Waals surface area contributed by atoms with Gasteiger partial charge in [-0.05, 0) is 35.6 Å². The maximum atomic E-state index is 9.81. The van der Waals surface area contributed by atoms with Crippen LogP contribution in [0.1, 0.15) is 44.0 Å². The van der Waals surface area contributed by atoms with Crippen molar-refractivity contribution >= 4 is 53.3 Å². The summed E-state index contributed by atoms with van der Waals surface area (Å²) >= 11 is 13.4. The molecule has 0 saturated carbocycles. The third-order valence-corrected chi connectivity index (χ3v) is 7.23. The molecule has 5 rings (SSSR count). The number of aromatic nitrogens is 4. The van der Waals surface area contributed by atoms with Crippen LogP contribution < -0.4 is 10.6 Å². The number of nitriles is 1. The summed E-state index contributed by atoms with van der Waals surface area (Å²) in [7, 11) is 7.10. The average Bonchev–Trinajstić information content (AvgIpc) is 3.34. The fourth-order valence-electron chi connectivity index (χ4n) is 4.44. The van der Waals surface area contributed by atoms with Gasteiger partial charge >= 0.3 is 0 Å². The molecular weight excluding hydrogens is 532 g/mol. The van der Waals surface area contributed by atoms with Crippen LogP contribution in [0.2, 0.25) is 10.0 Å². The summed E-state index contributed by atoms with van der Waals surface area (Å²) in [5, 5.41) is 26.9. The minimum absolute atomic E-state index is 0.0191. The Morgan fingerprint density at radius 2 is 1.97 bits per heavy atom. The van der Waals surface area contributed by atoms with Crippen molar-refractivity contribution in [1.29, 1.82) is 5.26 Å². The predicted octanol–water partition coefficient (Wildman–Crippen LogP) is 5.73. The van der Waals surface area contributed by atoms with Crippen molar-refractivity contribution in [2.45, 2.75) is 45.3 Å². The van der Waals surface area contributed by atoms with Gasteiger partial charge in [0.15, 0.2) is 0 Å². The largest absolute Gasteiger partial charge is 0.383 e. The lowest BCUT2D eigenvalue weighted by molar-refractivity contribution is -0.0611. The highest BCUT2D eigenvalue weighted by Gasteiger charge is 2.34. The summed E-state index contributed by atoms with van der Waals surface area (Å²) in [6, 6.07) is 13.2. The van der Waals surface area contributed by atoms with E-state index in [9.17, 15) is 5.26 Å². The van der Waals surface area contributed by atoms with Crippen LogP contribution in [0.25, 0.3) is 10.9 Å². The van der Waals surface area contributed by atoms with Gasteiger partial charge in [0, 0.05) is 35.4 Å². The Bertz CT molecular complexity index is 1560. The lowest BCUT2D eigenvalue weighted by atomic mass is 9.69. The Morgan fingerprint density at radius 3 is 2.64 bits per heavy atom. The van der Waals surface area contributed by atoms with Crippen LogP contribution >= 0.6 is 23.2 Å². The third-order valence-electron chi connectivity index (χ3n) is 6.61. The van der Waals surface area contributed by atoms with Crippen molar-refractivity contribution in [2.24, 2.45) is 5.41 Å². The zero-order valence-electron chi connectivity index (χ0n) is 22.0. The number of hydrogen-bond donors (Lipinski definition) is 2. The summed E-state index contributed by atoms with van der Waals surface area (Å²) < 4.78 is 7.27. The van der Waals surface area contributed by atoms with Crippen molar-refractivity contribution in [2.75, 3.05) is 23.8 Å². The second-order valence-electron chi connectivity index (χ2n) is 10.9. The quantitative estimate of drug-likeness (QED) is 0.266. The van der Waals surface area contributed by atoms with Crippen molar-refractivity contribution in [3.05, 3.63) is 75.7 Å². The van der Waals surface area contributed by atoms with Gasteiger partial charge in [0.05, 0.1) is 46.1 Å². The summed E-state index contributed by atoms with van der Waals surface area (Å²) in [6.45, 7) is 8.33. The number of ether oxygens (including phenoxy) is 1. The normalized spacial score (nSPS) is 16.8. The molecule has 11 heteroatoms. The smallest absolute Gasteiger partial charge is 0.119 e. The fourth-order valence-corrected chi connectivity index (χ4v) is 5.00. The molecule has 0 amide bonds. The molecule has 1 saturated heterocycles. The first-order valence-electron chi connectivity index (χ1n) is 12.7. The van der Waals surface area contributed by atoms with Gasteiger partial charge in [-0.1, -0.05) is 67.4 Å². The highest BCUT2D eigenvalue weighted by molar-refractivity contribution is 6.36. The van der Waals surface area contributed by atoms with Crippen LogP contribution in [-0.4, -0.2) is 47.1 Å². The second kappa shape index (κ2) is 10.7. The highest BCUT2D eigenvalue weighted by Crippen LogP contribution is 2.38. The summed E-state index contributed by atoms with van der Waals surface area (Å²) in [5.74, 6) is 0. The first kappa shape index (κ1) is 27.3. The minimum Gasteiger partial charge on any atom is -0.383 e. The number of fused-ring (bicyclic) bond motifs is 1. The van der Waals surface area contributed by atoms with E-state index in [-0.39, 0.29) is 11.5 Å². The number of halogens is 2. The molecule has 2 aromatic carbocycles. The molecule has 8 nitrogen and oxygen atoms in total. The first-order chi connectivity index (χ1) is 18.6. The molecular formula is C28H28BCl2N7O. The molecule has 2 aromatic heterocycles. The number of pyridine rings is 1. The summed E-state index contributed by atoms with van der Waals surface area (Å²) in [5.41, 5.74) is 1.97. The second-order valence-corrected chi connectivity index (χ2v) is 11.8. The third kappa shape index (κ3) is 5.69. The van der Waals surface area contributed by atoms with Gasteiger partial charge in [0.2, 0.25) is 0 Å². The SMILES string of the molecule is [B]C(Nc1cc(Cl)c2ncc(C#N)c(NCC(C)(C)C)c2c1)(c1cn(CC2CCO2)nn1)c1ccccc1Cl. The number of anilines is 2. The Kier molecular flexibility index (Phi) is 7.47. The van der Waals surface area contributed by atoms with E-state index >= 15 is 0 Å². The van der Waals surface area contributed by atoms with E-state index in [0.29, 0.717) is 62.2 Å². The fraction of sp³-hybridized carbons (Fsp3) is 0.357. The zero-order valence-corrected chi connectivity index (χ0v) is 23.5. The molecule has 2 radical (unpaired) electrons. The van der Waals surface area contributed by atoms with Crippen LogP contribution in [0.3, 0.4) is 0 Å². The van der Waals surface area contributed by atoms with E-state index in [1.165, 1.54) is 6.20 Å². The number of benzene rings is 2. The van der Waals surface area contributed by atoms with Crippen molar-refractivity contribution in [3.63, 3.8) is 0 Å². The van der Waals surface area contributed by atoms with Crippen LogP contribution in [0.5, 0.6) is 0 Å². The molecule has 2 unspecified atom stereocenters. The van der Waals surface area contributed by atoms with E-state index < -0.39 is 5.44 Å². The van der Waals surface area contributed by atoms with E-state index in [2.05, 4.69) is 52.8 Å². The van der Waals surface area contributed by atoms with Crippen molar-refractivity contribution < 1.29 is 4.74 Å². The molecule has 198 valence electrons. The standard InChI is InChI=1S/C28H28BCl2N7O/c1-27(2,3)16-34-25-17(12-32)13-33-26-20(25)10-18(11-23(26)31)35-28(29,21-6-4-5-7-22(21)30)24-15-38(37-36-24)14-19-8-9-39-19/h4-7,10-11,13,15,19,35H,8-9,14,16H2,1-3H3,(H,33,34). The molecule has 3 heterocycles. The lowest BCUT2D eigenvalue weighted by Crippen LogP contribution is -2.38. The maximum Gasteiger partial charge on any atom is 0.119 e. The molecule has 39 heavy (non-hydrogen) atoms. The van der Waals surface area contributed by atoms with Crippen molar-refractivity contribution in [3.8, 4) is 6.07 Å². The Labute approximate surface area is 239 Å². The maximum absolute atomic E-state index is 9.81. The van der Waals surface area contributed by atoms with Gasteiger partial charge < -0.3 is 15.4 Å². The summed E-state index contributed by atoms with van der Waals surface area (Å²) in [4.78, 5) is 4.46. The molecule has 1 aliphatic rings. The van der Waals surface area contributed by atoms with Gasteiger partial charge in [0.25, 0.3) is 0 Å². The molecule has 0 aliphatic carbocycles. The zero-order chi connectivity index (χ0) is 27.8. The number of nitrogens with one attached hydrogen (secondary N) is 2. The molecule has 1 fully saturated rings. The molecule has 0 bridgehead atoms. The Balaban J connectivity index is 1.60.